The van der Waals surface area contributed by atoms with Gasteiger partial charge in [0, 0.05) is 22.2 Å². The predicted molar refractivity (Wildman–Crippen MR) is 94.1 cm³/mol. The van der Waals surface area contributed by atoms with E-state index in [0.29, 0.717) is 5.16 Å². The van der Waals surface area contributed by atoms with Crippen molar-refractivity contribution in [3.63, 3.8) is 0 Å². The second-order valence-electron chi connectivity index (χ2n) is 5.75. The number of nitriles is 2. The van der Waals surface area contributed by atoms with Crippen LogP contribution in [0.5, 0.6) is 0 Å². The van der Waals surface area contributed by atoms with Gasteiger partial charge in [0.15, 0.2) is 5.16 Å². The average molecular weight is 332 g/mol. The van der Waals surface area contributed by atoms with E-state index in [1.165, 1.54) is 5.56 Å². The lowest BCUT2D eigenvalue weighted by atomic mass is 9.85. The third-order valence-electron chi connectivity index (χ3n) is 4.01. The Bertz CT molecular complexity index is 866. The number of hydrogen-bond acceptors (Lipinski definition) is 5. The molecule has 0 amide bonds. The molecule has 1 aliphatic rings. The Kier molecular flexibility index (Phi) is 4.64. The van der Waals surface area contributed by atoms with Gasteiger partial charge in [-0.15, -0.1) is 0 Å². The molecule has 0 saturated heterocycles. The molecule has 0 fully saturated rings. The van der Waals surface area contributed by atoms with Crippen LogP contribution in [0.1, 0.15) is 28.9 Å². The van der Waals surface area contributed by atoms with Crippen molar-refractivity contribution in [3.8, 4) is 12.1 Å². The molecule has 1 aromatic heterocycles. The van der Waals surface area contributed by atoms with E-state index in [4.69, 9.17) is 0 Å². The van der Waals surface area contributed by atoms with Crippen LogP contribution in [0.15, 0.2) is 41.1 Å². The van der Waals surface area contributed by atoms with Crippen LogP contribution in [-0.2, 0) is 6.42 Å². The van der Waals surface area contributed by atoms with Gasteiger partial charge in [-0.2, -0.15) is 10.5 Å². The van der Waals surface area contributed by atoms with Crippen LogP contribution in [0.2, 0.25) is 0 Å². The van der Waals surface area contributed by atoms with E-state index in [9.17, 15) is 10.5 Å². The predicted octanol–water partition coefficient (Wildman–Crippen LogP) is 4.00. The zero-order valence-corrected chi connectivity index (χ0v) is 14.4. The Morgan fingerprint density at radius 1 is 1.12 bits per heavy atom. The molecule has 4 nitrogen and oxygen atoms in total. The number of nitrogens with zero attached hydrogens (tertiary/aromatic N) is 4. The van der Waals surface area contributed by atoms with Gasteiger partial charge < -0.3 is 0 Å². The molecule has 0 saturated carbocycles. The first-order chi connectivity index (χ1) is 11.6. The molecule has 118 valence electrons. The molecule has 2 aromatic rings. The van der Waals surface area contributed by atoms with Crippen LogP contribution in [0.4, 0.5) is 0 Å². The van der Waals surface area contributed by atoms with E-state index in [1.54, 1.807) is 11.8 Å². The fraction of sp³-hybridized carbons (Fsp3) is 0.263. The summed E-state index contributed by atoms with van der Waals surface area (Å²) in [4.78, 5) is 8.99. The Hall–Kier alpha value is -2.63. The topological polar surface area (TPSA) is 73.4 Å². The van der Waals surface area contributed by atoms with Gasteiger partial charge in [0.1, 0.15) is 17.7 Å². The molecule has 0 radical (unpaired) electrons. The van der Waals surface area contributed by atoms with Gasteiger partial charge in [-0.1, -0.05) is 36.0 Å². The summed E-state index contributed by atoms with van der Waals surface area (Å²) in [7, 11) is 0. The average Bonchev–Trinajstić information content (AvgIpc) is 2.56. The van der Waals surface area contributed by atoms with Crippen molar-refractivity contribution in [1.82, 2.24) is 9.97 Å². The molecule has 0 spiro atoms. The zero-order chi connectivity index (χ0) is 17.1. The molecule has 1 aromatic carbocycles. The monoisotopic (exact) mass is 332 g/mol. The van der Waals surface area contributed by atoms with E-state index < -0.39 is 0 Å². The smallest absolute Gasteiger partial charge is 0.188 e. The maximum atomic E-state index is 9.41. The third-order valence-corrected chi connectivity index (χ3v) is 5.16. The molecule has 1 aliphatic carbocycles. The number of aromatic nitrogens is 2. The molecular weight excluding hydrogens is 316 g/mol. The number of thioether (sulfide) groups is 1. The summed E-state index contributed by atoms with van der Waals surface area (Å²) in [6, 6.07) is 14.1. The largest absolute Gasteiger partial charge is 0.228 e. The summed E-state index contributed by atoms with van der Waals surface area (Å²) in [5.74, 6) is 0. The number of fused-ring (bicyclic) bond motifs is 1. The summed E-state index contributed by atoms with van der Waals surface area (Å²) in [5.41, 5.74) is 5.04. The highest BCUT2D eigenvalue weighted by atomic mass is 32.2. The van der Waals surface area contributed by atoms with Crippen molar-refractivity contribution in [2.75, 3.05) is 0 Å². The van der Waals surface area contributed by atoms with Crippen LogP contribution in [0.25, 0.3) is 5.57 Å². The minimum atomic E-state index is 0.00963. The molecule has 3 rings (SSSR count). The molecule has 1 atom stereocenters. The highest BCUT2D eigenvalue weighted by Gasteiger charge is 2.28. The molecule has 24 heavy (non-hydrogen) atoms. The number of aryl methyl sites for hydroxylation is 3. The van der Waals surface area contributed by atoms with E-state index in [1.807, 2.05) is 38.1 Å². The minimum absolute atomic E-state index is 0.00963. The van der Waals surface area contributed by atoms with Crippen LogP contribution in [0.3, 0.4) is 0 Å². The van der Waals surface area contributed by atoms with Gasteiger partial charge in [0.05, 0.1) is 0 Å². The van der Waals surface area contributed by atoms with Crippen LogP contribution >= 0.6 is 11.8 Å². The van der Waals surface area contributed by atoms with Crippen molar-refractivity contribution >= 4 is 17.3 Å². The van der Waals surface area contributed by atoms with Gasteiger partial charge in [0.2, 0.25) is 0 Å². The summed E-state index contributed by atoms with van der Waals surface area (Å²) in [6.07, 6.45) is 1.78. The van der Waals surface area contributed by atoms with Gasteiger partial charge in [-0.05, 0) is 43.9 Å². The Balaban J connectivity index is 2.06. The van der Waals surface area contributed by atoms with Crippen LogP contribution in [0, 0.1) is 36.5 Å². The number of hydrogen-bond donors (Lipinski definition) is 0. The Labute approximate surface area is 145 Å². The standard InChI is InChI=1S/C19H16N4S/c1-12-9-13(2)23-19(22-12)24-17-8-7-14-5-3-4-6-16(14)18(17)15(10-20)11-21/h3-6,9,17H,7-8H2,1-2H3. The normalized spacial score (nSPS) is 16.0. The van der Waals surface area contributed by atoms with E-state index in [0.717, 1.165) is 35.4 Å². The molecule has 5 heteroatoms. The van der Waals surface area contributed by atoms with Crippen molar-refractivity contribution in [2.24, 2.45) is 0 Å². The van der Waals surface area contributed by atoms with Crippen molar-refractivity contribution in [3.05, 3.63) is 58.4 Å². The van der Waals surface area contributed by atoms with Crippen molar-refractivity contribution in [2.45, 2.75) is 37.1 Å². The van der Waals surface area contributed by atoms with E-state index >= 15 is 0 Å². The highest BCUT2D eigenvalue weighted by molar-refractivity contribution is 8.00. The van der Waals surface area contributed by atoms with Gasteiger partial charge in [-0.3, -0.25) is 0 Å². The molecule has 1 unspecified atom stereocenters. The fourth-order valence-electron chi connectivity index (χ4n) is 3.04. The lowest BCUT2D eigenvalue weighted by Crippen LogP contribution is -2.17. The van der Waals surface area contributed by atoms with E-state index in [2.05, 4.69) is 28.2 Å². The lowest BCUT2D eigenvalue weighted by Gasteiger charge is -2.27. The maximum Gasteiger partial charge on any atom is 0.188 e. The Morgan fingerprint density at radius 2 is 1.79 bits per heavy atom. The molecular formula is C19H16N4S. The molecule has 1 heterocycles. The highest BCUT2D eigenvalue weighted by Crippen LogP contribution is 2.41. The van der Waals surface area contributed by atoms with Gasteiger partial charge in [0.25, 0.3) is 0 Å². The first-order valence-electron chi connectivity index (χ1n) is 7.74. The maximum absolute atomic E-state index is 9.41. The Morgan fingerprint density at radius 3 is 2.46 bits per heavy atom. The second kappa shape index (κ2) is 6.86. The molecule has 0 aliphatic heterocycles. The van der Waals surface area contributed by atoms with Crippen molar-refractivity contribution in [1.29, 1.82) is 10.5 Å². The van der Waals surface area contributed by atoms with Crippen LogP contribution in [-0.4, -0.2) is 15.2 Å². The summed E-state index contributed by atoms with van der Waals surface area (Å²) < 4.78 is 0. The zero-order valence-electron chi connectivity index (χ0n) is 13.6. The quantitative estimate of drug-likeness (QED) is 0.614. The third kappa shape index (κ3) is 3.18. The molecule has 0 N–H and O–H groups in total. The fourth-order valence-corrected chi connectivity index (χ4v) is 4.28. The lowest BCUT2D eigenvalue weighted by molar-refractivity contribution is 0.822. The van der Waals surface area contributed by atoms with Crippen LogP contribution < -0.4 is 0 Å². The second-order valence-corrected chi connectivity index (χ2v) is 6.92. The first kappa shape index (κ1) is 16.2. The SMILES string of the molecule is Cc1cc(C)nc(SC2CCc3ccccc3C2=C(C#N)C#N)n1. The summed E-state index contributed by atoms with van der Waals surface area (Å²) in [5, 5.41) is 19.5. The van der Waals surface area contributed by atoms with Gasteiger partial charge >= 0.3 is 0 Å². The number of allylic oxidation sites excluding steroid dienone is 1. The summed E-state index contributed by atoms with van der Waals surface area (Å²) >= 11 is 1.54. The summed E-state index contributed by atoms with van der Waals surface area (Å²) in [6.45, 7) is 3.89. The van der Waals surface area contributed by atoms with Crippen molar-refractivity contribution < 1.29 is 0 Å². The number of rotatable bonds is 2. The number of benzene rings is 1. The van der Waals surface area contributed by atoms with Gasteiger partial charge in [-0.25, -0.2) is 9.97 Å². The molecule has 0 bridgehead atoms. The first-order valence-corrected chi connectivity index (χ1v) is 8.62. The minimum Gasteiger partial charge on any atom is -0.228 e. The van der Waals surface area contributed by atoms with E-state index in [-0.39, 0.29) is 10.8 Å².